The molecule has 1 rings (SSSR count). The van der Waals surface area contributed by atoms with Gasteiger partial charge in [0.2, 0.25) is 0 Å². The third kappa shape index (κ3) is 0.618. The lowest BCUT2D eigenvalue weighted by Gasteiger charge is -1.82. The number of allylic oxidation sites excluding steroid dienone is 2. The molecule has 1 heteroatoms. The molecule has 28 valence electrons. The van der Waals surface area contributed by atoms with E-state index >= 15 is 0 Å². The fourth-order valence-electron chi connectivity index (χ4n) is 0.170. The van der Waals surface area contributed by atoms with Crippen LogP contribution in [-0.4, -0.2) is 6.26 Å². The molecule has 0 spiro atoms. The maximum absolute atomic E-state index is 2.10. The van der Waals surface area contributed by atoms with Crippen LogP contribution in [0.4, 0.5) is 0 Å². The fraction of sp³-hybridized carbons (Fsp3) is 0.250. The molecule has 1 aliphatic rings. The molecule has 0 unspecified atom stereocenters. The second kappa shape index (κ2) is 0.977. The van der Waals surface area contributed by atoms with E-state index in [1.165, 1.54) is 4.91 Å². The molecular formula is C4H5S-. The minimum absolute atomic E-state index is 1.42. The zero-order chi connectivity index (χ0) is 3.70. The molecule has 0 amide bonds. The molecule has 0 heterocycles. The molecule has 0 atom stereocenters. The standard InChI is InChI=1S/C4H5S/c1-5-4-2-3-4/h2-3H,1H3/q-1. The SMILES string of the molecule is CSC1=C[CH-]1. The predicted molar refractivity (Wildman–Crippen MR) is 25.9 cm³/mol. The van der Waals surface area contributed by atoms with Crippen molar-refractivity contribution >= 4 is 11.8 Å². The zero-order valence-electron chi connectivity index (χ0n) is 3.06. The molecule has 0 aromatic rings. The Kier molecular flexibility index (Phi) is 0.618. The summed E-state index contributed by atoms with van der Waals surface area (Å²) < 4.78 is 0. The highest BCUT2D eigenvalue weighted by atomic mass is 32.2. The number of rotatable bonds is 1. The first-order chi connectivity index (χ1) is 2.43. The van der Waals surface area contributed by atoms with E-state index in [1.54, 1.807) is 11.8 Å². The average molecular weight is 85.2 g/mol. The van der Waals surface area contributed by atoms with Gasteiger partial charge < -0.3 is 0 Å². The Morgan fingerprint density at radius 2 is 2.60 bits per heavy atom. The van der Waals surface area contributed by atoms with E-state index in [9.17, 15) is 0 Å². The average Bonchev–Trinajstić information content (AvgIpc) is 2.12. The largest absolute Gasteiger partial charge is 0.267 e. The lowest BCUT2D eigenvalue weighted by molar-refractivity contribution is 2.18. The third-order valence-corrected chi connectivity index (χ3v) is 1.28. The van der Waals surface area contributed by atoms with Gasteiger partial charge in [-0.1, -0.05) is 0 Å². The Bertz CT molecular complexity index is 64.0. The van der Waals surface area contributed by atoms with Gasteiger partial charge in [0.1, 0.15) is 0 Å². The third-order valence-electron chi connectivity index (χ3n) is 0.538. The molecule has 0 nitrogen and oxygen atoms in total. The zero-order valence-corrected chi connectivity index (χ0v) is 3.88. The summed E-state index contributed by atoms with van der Waals surface area (Å²) >= 11 is 1.80. The van der Waals surface area contributed by atoms with Crippen LogP contribution in [-0.2, 0) is 0 Å². The van der Waals surface area contributed by atoms with Crippen LogP contribution < -0.4 is 0 Å². The molecule has 0 saturated carbocycles. The summed E-state index contributed by atoms with van der Waals surface area (Å²) in [4.78, 5) is 1.42. The van der Waals surface area contributed by atoms with Gasteiger partial charge in [0.25, 0.3) is 0 Å². The van der Waals surface area contributed by atoms with Crippen molar-refractivity contribution < 1.29 is 0 Å². The van der Waals surface area contributed by atoms with Crippen molar-refractivity contribution in [2.45, 2.75) is 0 Å². The first-order valence-electron chi connectivity index (χ1n) is 1.52. The Balaban J connectivity index is 2.22. The van der Waals surface area contributed by atoms with Gasteiger partial charge in [-0.2, -0.15) is 0 Å². The van der Waals surface area contributed by atoms with Gasteiger partial charge in [-0.05, 0) is 6.26 Å². The summed E-state index contributed by atoms with van der Waals surface area (Å²) in [5.41, 5.74) is 0. The highest BCUT2D eigenvalue weighted by Crippen LogP contribution is 2.26. The van der Waals surface area contributed by atoms with E-state index in [-0.39, 0.29) is 0 Å². The van der Waals surface area contributed by atoms with Crippen molar-refractivity contribution in [1.82, 2.24) is 0 Å². The van der Waals surface area contributed by atoms with Crippen LogP contribution in [0.5, 0.6) is 0 Å². The molecule has 0 fully saturated rings. The normalized spacial score (nSPS) is 16.6. The second-order valence-electron chi connectivity index (χ2n) is 0.940. The summed E-state index contributed by atoms with van der Waals surface area (Å²) in [6, 6.07) is 0. The highest BCUT2D eigenvalue weighted by Gasteiger charge is 1.82. The molecule has 0 aliphatic heterocycles. The van der Waals surface area contributed by atoms with Crippen LogP contribution in [0.1, 0.15) is 0 Å². The van der Waals surface area contributed by atoms with Gasteiger partial charge in [0.05, 0.1) is 0 Å². The van der Waals surface area contributed by atoms with E-state index in [2.05, 4.69) is 18.8 Å². The van der Waals surface area contributed by atoms with Crippen molar-refractivity contribution in [2.24, 2.45) is 0 Å². The van der Waals surface area contributed by atoms with Crippen molar-refractivity contribution in [1.29, 1.82) is 0 Å². The van der Waals surface area contributed by atoms with Crippen LogP contribution in [0.3, 0.4) is 0 Å². The van der Waals surface area contributed by atoms with Crippen molar-refractivity contribution in [3.05, 3.63) is 17.4 Å². The number of hydrogen-bond donors (Lipinski definition) is 0. The summed E-state index contributed by atoms with van der Waals surface area (Å²) in [7, 11) is 0. The quantitative estimate of drug-likeness (QED) is 0.434. The fourth-order valence-corrected chi connectivity index (χ4v) is 0.510. The molecule has 0 saturated heterocycles. The molecule has 1 aliphatic carbocycles. The van der Waals surface area contributed by atoms with Crippen molar-refractivity contribution in [2.75, 3.05) is 6.26 Å². The smallest absolute Gasteiger partial charge is 0.0278 e. The van der Waals surface area contributed by atoms with E-state index in [0.29, 0.717) is 0 Å². The molecule has 0 radical (unpaired) electrons. The van der Waals surface area contributed by atoms with Gasteiger partial charge >= 0.3 is 0 Å². The summed E-state index contributed by atoms with van der Waals surface area (Å²) in [5.74, 6) is 0. The van der Waals surface area contributed by atoms with E-state index in [1.807, 2.05) is 0 Å². The van der Waals surface area contributed by atoms with Crippen molar-refractivity contribution in [3.8, 4) is 0 Å². The van der Waals surface area contributed by atoms with Crippen LogP contribution >= 0.6 is 11.8 Å². The number of hydrogen-bond acceptors (Lipinski definition) is 1. The molecule has 0 aromatic carbocycles. The maximum Gasteiger partial charge on any atom is -0.0278 e. The summed E-state index contributed by atoms with van der Waals surface area (Å²) in [6.07, 6.45) is 6.28. The second-order valence-corrected chi connectivity index (χ2v) is 1.82. The summed E-state index contributed by atoms with van der Waals surface area (Å²) in [5, 5.41) is 0. The molecule has 5 heavy (non-hydrogen) atoms. The first kappa shape index (κ1) is 3.16. The Labute approximate surface area is 36.3 Å². The monoisotopic (exact) mass is 85.0 g/mol. The Morgan fingerprint density at radius 1 is 2.00 bits per heavy atom. The van der Waals surface area contributed by atoms with Gasteiger partial charge in [-0.3, -0.25) is 12.5 Å². The van der Waals surface area contributed by atoms with E-state index in [4.69, 9.17) is 0 Å². The minimum atomic E-state index is 1.42. The van der Waals surface area contributed by atoms with Crippen LogP contribution in [0.2, 0.25) is 0 Å². The van der Waals surface area contributed by atoms with Crippen molar-refractivity contribution in [3.63, 3.8) is 0 Å². The van der Waals surface area contributed by atoms with E-state index < -0.39 is 0 Å². The van der Waals surface area contributed by atoms with Gasteiger partial charge in [-0.15, -0.1) is 0 Å². The summed E-state index contributed by atoms with van der Waals surface area (Å²) in [6.45, 7) is 0. The molecular weight excluding hydrogens is 80.1 g/mol. The van der Waals surface area contributed by atoms with Crippen LogP contribution in [0.25, 0.3) is 0 Å². The molecule has 0 N–H and O–H groups in total. The minimum Gasteiger partial charge on any atom is -0.267 e. The molecule has 0 aromatic heterocycles. The lowest BCUT2D eigenvalue weighted by Crippen LogP contribution is -1.38. The predicted octanol–water partition coefficient (Wildman–Crippen LogP) is 1.45. The Morgan fingerprint density at radius 3 is 2.60 bits per heavy atom. The van der Waals surface area contributed by atoms with E-state index in [0.717, 1.165) is 0 Å². The topological polar surface area (TPSA) is 0 Å². The maximum atomic E-state index is 2.10. The van der Waals surface area contributed by atoms with Gasteiger partial charge in [0.15, 0.2) is 0 Å². The van der Waals surface area contributed by atoms with Gasteiger partial charge in [-0.25, -0.2) is 16.7 Å². The number of thioether (sulfide) groups is 1. The Hall–Kier alpha value is -0.0400. The van der Waals surface area contributed by atoms with Crippen LogP contribution in [0.15, 0.2) is 11.0 Å². The van der Waals surface area contributed by atoms with Gasteiger partial charge in [0, 0.05) is 0 Å². The van der Waals surface area contributed by atoms with Crippen LogP contribution in [0, 0.1) is 6.42 Å². The first-order valence-corrected chi connectivity index (χ1v) is 2.75. The lowest BCUT2D eigenvalue weighted by atomic mass is 10.9. The highest BCUT2D eigenvalue weighted by molar-refractivity contribution is 8.02. The molecule has 0 bridgehead atoms.